The number of amides is 3. The molecule has 3 aliphatic heterocycles. The molecule has 13 heteroatoms. The highest BCUT2D eigenvalue weighted by molar-refractivity contribution is 6.35. The molecule has 2 aromatic rings. The number of likely N-dealkylation sites (tertiary alicyclic amines) is 1. The predicted molar refractivity (Wildman–Crippen MR) is 131 cm³/mol. The van der Waals surface area contributed by atoms with Crippen LogP contribution >= 0.6 is 0 Å². The van der Waals surface area contributed by atoms with Crippen LogP contribution in [-0.4, -0.2) is 74.2 Å². The second-order valence-corrected chi connectivity index (χ2v) is 10.5. The van der Waals surface area contributed by atoms with Crippen molar-refractivity contribution in [1.82, 2.24) is 24.7 Å². The Labute approximate surface area is 221 Å². The number of carbonyl (C=O) groups excluding carboxylic acids is 3. The van der Waals surface area contributed by atoms with Gasteiger partial charge in [0.2, 0.25) is 5.75 Å². The van der Waals surface area contributed by atoms with E-state index in [1.165, 1.54) is 31.3 Å². The maximum Gasteiger partial charge on any atom is 0.312 e. The van der Waals surface area contributed by atoms with Crippen molar-refractivity contribution in [3.05, 3.63) is 57.5 Å². The number of carbonyl (C=O) groups is 3. The van der Waals surface area contributed by atoms with Crippen LogP contribution in [0.3, 0.4) is 0 Å². The van der Waals surface area contributed by atoms with Gasteiger partial charge in [0.1, 0.15) is 29.0 Å². The predicted octanol–water partition coefficient (Wildman–Crippen LogP) is 1.54. The Hall–Kier alpha value is -3.90. The maximum absolute atomic E-state index is 15.7. The molecule has 1 aromatic heterocycles. The number of alkyl halides is 2. The van der Waals surface area contributed by atoms with Crippen molar-refractivity contribution in [3.8, 4) is 5.75 Å². The molecule has 2 N–H and O–H groups in total. The minimum atomic E-state index is -1.82. The van der Waals surface area contributed by atoms with Gasteiger partial charge in [-0.1, -0.05) is 12.1 Å². The highest BCUT2D eigenvalue weighted by Crippen LogP contribution is 2.49. The number of nitrogens with one attached hydrogen (secondary N) is 1. The Bertz CT molecular complexity index is 1390. The normalized spacial score (nSPS) is 25.6. The molecular weight excluding hydrogens is 519 g/mol. The van der Waals surface area contributed by atoms with Gasteiger partial charge in [0.05, 0.1) is 13.1 Å². The van der Waals surface area contributed by atoms with Crippen LogP contribution in [0.15, 0.2) is 29.1 Å². The molecule has 1 aromatic carbocycles. The van der Waals surface area contributed by atoms with Crippen LogP contribution in [0.1, 0.15) is 54.0 Å². The molecule has 39 heavy (non-hydrogen) atoms. The molecule has 1 saturated carbocycles. The van der Waals surface area contributed by atoms with Gasteiger partial charge in [-0.3, -0.25) is 23.7 Å². The van der Waals surface area contributed by atoms with E-state index in [-0.39, 0.29) is 57.6 Å². The molecule has 4 aliphatic rings. The zero-order valence-electron chi connectivity index (χ0n) is 21.3. The molecule has 2 fully saturated rings. The van der Waals surface area contributed by atoms with Gasteiger partial charge < -0.3 is 20.2 Å². The SMILES string of the molecule is CN(C(=O)C(=O)N1CCC(F)C1)C12CCC(F)(CC1)Cn1c2nc(C(=O)NCc2ccc(F)cc2)c(O)c1=O. The summed E-state index contributed by atoms with van der Waals surface area (Å²) in [5.41, 5.74) is -4.35. The van der Waals surface area contributed by atoms with Gasteiger partial charge in [-0.2, -0.15) is 0 Å². The number of rotatable bonds is 4. The first-order chi connectivity index (χ1) is 18.4. The number of fused-ring (bicyclic) bond motifs is 2. The Morgan fingerprint density at radius 1 is 1.18 bits per heavy atom. The molecule has 208 valence electrons. The number of halogens is 3. The molecule has 1 saturated heterocycles. The molecule has 1 unspecified atom stereocenters. The summed E-state index contributed by atoms with van der Waals surface area (Å²) in [6.07, 6.45) is -1.19. The topological polar surface area (TPSA) is 125 Å². The zero-order valence-corrected chi connectivity index (χ0v) is 21.3. The highest BCUT2D eigenvalue weighted by atomic mass is 19.1. The van der Waals surface area contributed by atoms with Crippen molar-refractivity contribution in [2.75, 3.05) is 20.1 Å². The summed E-state index contributed by atoms with van der Waals surface area (Å²) in [6.45, 7) is -0.622. The number of benzene rings is 1. The molecular formula is C26H28F3N5O5. The van der Waals surface area contributed by atoms with E-state index in [2.05, 4.69) is 10.3 Å². The lowest BCUT2D eigenvalue weighted by Gasteiger charge is -2.44. The first kappa shape index (κ1) is 26.7. The Kier molecular flexibility index (Phi) is 6.63. The third-order valence-electron chi connectivity index (χ3n) is 8.11. The average molecular weight is 548 g/mol. The maximum atomic E-state index is 15.7. The monoisotopic (exact) mass is 547 g/mol. The van der Waals surface area contributed by atoms with Gasteiger partial charge in [-0.25, -0.2) is 18.2 Å². The largest absolute Gasteiger partial charge is 0.501 e. The van der Waals surface area contributed by atoms with E-state index in [0.29, 0.717) is 5.56 Å². The summed E-state index contributed by atoms with van der Waals surface area (Å²) in [5, 5.41) is 13.1. The van der Waals surface area contributed by atoms with E-state index >= 15 is 4.39 Å². The van der Waals surface area contributed by atoms with Crippen molar-refractivity contribution < 1.29 is 32.7 Å². The summed E-state index contributed by atoms with van der Waals surface area (Å²) in [4.78, 5) is 59.0. The molecule has 4 heterocycles. The summed E-state index contributed by atoms with van der Waals surface area (Å²) in [5.74, 6) is -4.33. The minimum Gasteiger partial charge on any atom is -0.501 e. The number of likely N-dealkylation sites (N-methyl/N-ethyl adjacent to an activating group) is 1. The van der Waals surface area contributed by atoms with Gasteiger partial charge in [0, 0.05) is 20.1 Å². The molecule has 0 radical (unpaired) electrons. The first-order valence-electron chi connectivity index (χ1n) is 12.7. The van der Waals surface area contributed by atoms with Crippen LogP contribution in [0.2, 0.25) is 0 Å². The number of hydrogen-bond acceptors (Lipinski definition) is 6. The third-order valence-corrected chi connectivity index (χ3v) is 8.11. The van der Waals surface area contributed by atoms with Gasteiger partial charge in [-0.15, -0.1) is 0 Å². The summed E-state index contributed by atoms with van der Waals surface area (Å²) < 4.78 is 43.5. The molecule has 0 spiro atoms. The molecule has 1 aliphatic carbocycles. The van der Waals surface area contributed by atoms with Crippen LogP contribution in [0, 0.1) is 5.82 Å². The van der Waals surface area contributed by atoms with Gasteiger partial charge in [-0.05, 0) is 49.8 Å². The van der Waals surface area contributed by atoms with Crippen molar-refractivity contribution in [2.45, 2.75) is 62.6 Å². The van der Waals surface area contributed by atoms with E-state index < -0.39 is 64.5 Å². The van der Waals surface area contributed by atoms with Gasteiger partial charge in [0.15, 0.2) is 5.69 Å². The summed E-state index contributed by atoms with van der Waals surface area (Å²) >= 11 is 0. The van der Waals surface area contributed by atoms with Crippen LogP contribution in [0.4, 0.5) is 13.2 Å². The van der Waals surface area contributed by atoms with E-state index in [1.807, 2.05) is 0 Å². The van der Waals surface area contributed by atoms with Crippen molar-refractivity contribution in [2.24, 2.45) is 0 Å². The Morgan fingerprint density at radius 2 is 1.85 bits per heavy atom. The minimum absolute atomic E-state index is 0.0125. The smallest absolute Gasteiger partial charge is 0.312 e. The quantitative estimate of drug-likeness (QED) is 0.560. The zero-order chi connectivity index (χ0) is 28.1. The van der Waals surface area contributed by atoms with E-state index in [4.69, 9.17) is 0 Å². The van der Waals surface area contributed by atoms with E-state index in [0.717, 1.165) is 14.4 Å². The summed E-state index contributed by atoms with van der Waals surface area (Å²) in [7, 11) is 1.34. The summed E-state index contributed by atoms with van der Waals surface area (Å²) in [6, 6.07) is 5.32. The number of nitrogens with zero attached hydrogens (tertiary/aromatic N) is 4. The van der Waals surface area contributed by atoms with Crippen LogP contribution in [0.5, 0.6) is 5.75 Å². The van der Waals surface area contributed by atoms with Crippen LogP contribution in [0.25, 0.3) is 0 Å². The molecule has 2 bridgehead atoms. The number of aromatic nitrogens is 2. The standard InChI is InChI=1S/C26H28F3N5O5/c1-32(22(38)23(39)33-11-6-17(28)13-33)26-9-7-25(29,8-10-26)14-34-21(37)19(35)18(31-24(26)34)20(36)30-12-15-2-4-16(27)5-3-15/h2-5,17,35H,6-14H2,1H3,(H,30,36). The fraction of sp³-hybridized carbons (Fsp3) is 0.500. The van der Waals surface area contributed by atoms with Crippen molar-refractivity contribution in [3.63, 3.8) is 0 Å². The average Bonchev–Trinajstić information content (AvgIpc) is 3.26. The van der Waals surface area contributed by atoms with E-state index in [1.54, 1.807) is 0 Å². The first-order valence-corrected chi connectivity index (χ1v) is 12.7. The number of hydrogen-bond donors (Lipinski definition) is 2. The molecule has 6 rings (SSSR count). The Balaban J connectivity index is 1.51. The lowest BCUT2D eigenvalue weighted by atomic mass is 9.75. The lowest BCUT2D eigenvalue weighted by molar-refractivity contribution is -0.156. The highest BCUT2D eigenvalue weighted by Gasteiger charge is 2.55. The van der Waals surface area contributed by atoms with Crippen LogP contribution in [-0.2, 0) is 28.2 Å². The Morgan fingerprint density at radius 3 is 2.46 bits per heavy atom. The number of aromatic hydroxyl groups is 1. The van der Waals surface area contributed by atoms with Gasteiger partial charge in [0.25, 0.3) is 11.5 Å². The second kappa shape index (κ2) is 9.69. The fourth-order valence-electron chi connectivity index (χ4n) is 5.71. The lowest BCUT2D eigenvalue weighted by Crippen LogP contribution is -2.55. The van der Waals surface area contributed by atoms with E-state index in [9.17, 15) is 33.1 Å². The third kappa shape index (κ3) is 4.63. The molecule has 1 atom stereocenters. The van der Waals surface area contributed by atoms with Gasteiger partial charge >= 0.3 is 11.8 Å². The molecule has 3 amide bonds. The van der Waals surface area contributed by atoms with Crippen molar-refractivity contribution >= 4 is 17.7 Å². The fourth-order valence-corrected chi connectivity index (χ4v) is 5.71. The van der Waals surface area contributed by atoms with Crippen molar-refractivity contribution in [1.29, 1.82) is 0 Å². The second-order valence-electron chi connectivity index (χ2n) is 10.5. The molecule has 10 nitrogen and oxygen atoms in total. The van der Waals surface area contributed by atoms with Crippen LogP contribution < -0.4 is 10.9 Å².